The molecule has 4 rings (SSSR count). The SMILES string of the molecule is CC(C)Oc1cc(F)ccc1N1CCN(C2CCC(NS(=O)(=O)c3cc(Cl)ccc3F)CC2)CC1. The zero-order valence-corrected chi connectivity index (χ0v) is 21.6. The molecular formula is C25H32ClF2N3O3S. The van der Waals surface area contributed by atoms with E-state index in [2.05, 4.69) is 14.5 Å². The van der Waals surface area contributed by atoms with Crippen LogP contribution in [-0.4, -0.2) is 57.7 Å². The molecule has 2 aliphatic rings. The summed E-state index contributed by atoms with van der Waals surface area (Å²) < 4.78 is 61.7. The van der Waals surface area contributed by atoms with Gasteiger partial charge in [-0.1, -0.05) is 11.6 Å². The number of nitrogens with one attached hydrogen (secondary N) is 1. The molecule has 0 amide bonds. The van der Waals surface area contributed by atoms with E-state index in [1.165, 1.54) is 18.2 Å². The molecule has 1 aliphatic heterocycles. The number of benzene rings is 2. The van der Waals surface area contributed by atoms with Crippen molar-refractivity contribution in [3.05, 3.63) is 53.1 Å². The Hall–Kier alpha value is -1.94. The molecule has 0 bridgehead atoms. The lowest BCUT2D eigenvalue weighted by molar-refractivity contribution is 0.139. The van der Waals surface area contributed by atoms with Gasteiger partial charge in [0.2, 0.25) is 10.0 Å². The van der Waals surface area contributed by atoms with Crippen molar-refractivity contribution in [1.29, 1.82) is 0 Å². The number of rotatable bonds is 7. The molecule has 1 saturated heterocycles. The standard InChI is InChI=1S/C25H32ClF2N3O3S/c1-17(2)34-24-16-19(27)4-10-23(24)31-13-11-30(12-14-31)21-7-5-20(6-8-21)29-35(32,33)25-15-18(26)3-9-22(25)28/h3-4,9-10,15-17,20-21,29H,5-8,11-14H2,1-2H3. The van der Waals surface area contributed by atoms with Gasteiger partial charge in [-0.15, -0.1) is 0 Å². The molecule has 10 heteroatoms. The highest BCUT2D eigenvalue weighted by Gasteiger charge is 2.31. The first-order chi connectivity index (χ1) is 16.6. The molecule has 6 nitrogen and oxygen atoms in total. The summed E-state index contributed by atoms with van der Waals surface area (Å²) in [6, 6.07) is 8.37. The van der Waals surface area contributed by atoms with Crippen LogP contribution in [0.15, 0.2) is 41.3 Å². The molecule has 1 aliphatic carbocycles. The van der Waals surface area contributed by atoms with E-state index in [-0.39, 0.29) is 23.0 Å². The number of hydrogen-bond acceptors (Lipinski definition) is 5. The monoisotopic (exact) mass is 527 g/mol. The topological polar surface area (TPSA) is 61.9 Å². The third-order valence-electron chi connectivity index (χ3n) is 6.66. The van der Waals surface area contributed by atoms with Gasteiger partial charge in [0.15, 0.2) is 0 Å². The van der Waals surface area contributed by atoms with Crippen LogP contribution in [0.4, 0.5) is 14.5 Å². The van der Waals surface area contributed by atoms with Crippen molar-refractivity contribution < 1.29 is 21.9 Å². The highest BCUT2D eigenvalue weighted by Crippen LogP contribution is 2.32. The number of halogens is 3. The van der Waals surface area contributed by atoms with Gasteiger partial charge in [0.05, 0.1) is 11.8 Å². The van der Waals surface area contributed by atoms with Crippen LogP contribution in [0.5, 0.6) is 5.75 Å². The van der Waals surface area contributed by atoms with Crippen LogP contribution in [0.25, 0.3) is 0 Å². The Balaban J connectivity index is 1.30. The maximum atomic E-state index is 14.1. The molecular weight excluding hydrogens is 496 g/mol. The summed E-state index contributed by atoms with van der Waals surface area (Å²) in [5.41, 5.74) is 0.908. The van der Waals surface area contributed by atoms with E-state index in [1.54, 1.807) is 6.07 Å². The van der Waals surface area contributed by atoms with E-state index >= 15 is 0 Å². The zero-order valence-electron chi connectivity index (χ0n) is 20.0. The molecule has 35 heavy (non-hydrogen) atoms. The number of anilines is 1. The predicted octanol–water partition coefficient (Wildman–Crippen LogP) is 4.82. The van der Waals surface area contributed by atoms with Gasteiger partial charge in [0.25, 0.3) is 0 Å². The van der Waals surface area contributed by atoms with Crippen molar-refractivity contribution in [2.45, 2.75) is 62.6 Å². The minimum absolute atomic E-state index is 0.0418. The smallest absolute Gasteiger partial charge is 0.243 e. The van der Waals surface area contributed by atoms with Gasteiger partial charge >= 0.3 is 0 Å². The second-order valence-corrected chi connectivity index (χ2v) is 11.6. The molecule has 0 unspecified atom stereocenters. The summed E-state index contributed by atoms with van der Waals surface area (Å²) in [6.07, 6.45) is 3.07. The van der Waals surface area contributed by atoms with Crippen molar-refractivity contribution in [3.8, 4) is 5.75 Å². The molecule has 2 aromatic rings. The van der Waals surface area contributed by atoms with Gasteiger partial charge < -0.3 is 9.64 Å². The van der Waals surface area contributed by atoms with Crippen LogP contribution in [0, 0.1) is 11.6 Å². The van der Waals surface area contributed by atoms with Gasteiger partial charge in [-0.25, -0.2) is 21.9 Å². The van der Waals surface area contributed by atoms with Crippen molar-refractivity contribution in [1.82, 2.24) is 9.62 Å². The van der Waals surface area contributed by atoms with Gasteiger partial charge in [-0.3, -0.25) is 4.90 Å². The van der Waals surface area contributed by atoms with Gasteiger partial charge in [0, 0.05) is 49.4 Å². The third-order valence-corrected chi connectivity index (χ3v) is 8.43. The molecule has 0 aromatic heterocycles. The summed E-state index contributed by atoms with van der Waals surface area (Å²) in [4.78, 5) is 4.27. The highest BCUT2D eigenvalue weighted by molar-refractivity contribution is 7.89. The van der Waals surface area contributed by atoms with E-state index < -0.39 is 20.7 Å². The van der Waals surface area contributed by atoms with Crippen LogP contribution in [0.1, 0.15) is 39.5 Å². The maximum absolute atomic E-state index is 14.1. The molecule has 2 aromatic carbocycles. The summed E-state index contributed by atoms with van der Waals surface area (Å²) >= 11 is 5.87. The first-order valence-electron chi connectivity index (χ1n) is 12.0. The fourth-order valence-corrected chi connectivity index (χ4v) is 6.60. The van der Waals surface area contributed by atoms with Crippen molar-refractivity contribution in [2.75, 3.05) is 31.1 Å². The maximum Gasteiger partial charge on any atom is 0.243 e. The Morgan fingerprint density at radius 3 is 2.34 bits per heavy atom. The fourth-order valence-electron chi connectivity index (χ4n) is 4.95. The third kappa shape index (κ3) is 6.44. The van der Waals surface area contributed by atoms with E-state index in [4.69, 9.17) is 16.3 Å². The Morgan fingerprint density at radius 1 is 1.00 bits per heavy atom. The second-order valence-electron chi connectivity index (χ2n) is 9.50. The summed E-state index contributed by atoms with van der Waals surface area (Å²) in [6.45, 7) is 7.20. The van der Waals surface area contributed by atoms with Crippen molar-refractivity contribution in [3.63, 3.8) is 0 Å². The highest BCUT2D eigenvalue weighted by atomic mass is 35.5. The van der Waals surface area contributed by atoms with Crippen LogP contribution in [0.2, 0.25) is 5.02 Å². The van der Waals surface area contributed by atoms with Crippen LogP contribution in [-0.2, 0) is 10.0 Å². The molecule has 0 atom stereocenters. The molecule has 2 fully saturated rings. The lowest BCUT2D eigenvalue weighted by Gasteiger charge is -2.43. The van der Waals surface area contributed by atoms with E-state index in [0.29, 0.717) is 24.6 Å². The lowest BCUT2D eigenvalue weighted by atomic mass is 9.90. The van der Waals surface area contributed by atoms with Crippen LogP contribution in [0.3, 0.4) is 0 Å². The summed E-state index contributed by atoms with van der Waals surface area (Å²) in [7, 11) is -3.98. The van der Waals surface area contributed by atoms with E-state index in [0.717, 1.165) is 56.8 Å². The molecule has 1 N–H and O–H groups in total. The normalized spacial score (nSPS) is 21.9. The van der Waals surface area contributed by atoms with Crippen molar-refractivity contribution >= 4 is 27.3 Å². The number of sulfonamides is 1. The number of hydrogen-bond donors (Lipinski definition) is 1. The molecule has 1 saturated carbocycles. The second kappa shape index (κ2) is 11.0. The Labute approximate surface area is 211 Å². The first kappa shape index (κ1) is 26.1. The largest absolute Gasteiger partial charge is 0.489 e. The quantitative estimate of drug-likeness (QED) is 0.559. The minimum Gasteiger partial charge on any atom is -0.489 e. The van der Waals surface area contributed by atoms with Gasteiger partial charge in [0.1, 0.15) is 22.3 Å². The van der Waals surface area contributed by atoms with E-state index in [1.807, 2.05) is 13.8 Å². The number of nitrogens with zero attached hydrogens (tertiary/aromatic N) is 2. The van der Waals surface area contributed by atoms with Crippen LogP contribution < -0.4 is 14.4 Å². The summed E-state index contributed by atoms with van der Waals surface area (Å²) in [5.74, 6) is -0.553. The molecule has 0 spiro atoms. The summed E-state index contributed by atoms with van der Waals surface area (Å²) in [5, 5.41) is 0.179. The minimum atomic E-state index is -3.98. The average Bonchev–Trinajstić information content (AvgIpc) is 2.81. The van der Waals surface area contributed by atoms with Crippen LogP contribution >= 0.6 is 11.6 Å². The zero-order chi connectivity index (χ0) is 25.2. The average molecular weight is 528 g/mol. The number of ether oxygens (including phenoxy) is 1. The molecule has 192 valence electrons. The van der Waals surface area contributed by atoms with Crippen molar-refractivity contribution in [2.24, 2.45) is 0 Å². The Morgan fingerprint density at radius 2 is 1.69 bits per heavy atom. The Kier molecular flexibility index (Phi) is 8.20. The van der Waals surface area contributed by atoms with E-state index in [9.17, 15) is 17.2 Å². The van der Waals surface area contributed by atoms with Gasteiger partial charge in [-0.2, -0.15) is 0 Å². The predicted molar refractivity (Wildman–Crippen MR) is 134 cm³/mol. The first-order valence-corrected chi connectivity index (χ1v) is 13.9. The fraction of sp³-hybridized carbons (Fsp3) is 0.520. The molecule has 1 heterocycles. The van der Waals surface area contributed by atoms with Gasteiger partial charge in [-0.05, 0) is 69.9 Å². The number of piperazine rings is 1. The lowest BCUT2D eigenvalue weighted by Crippen LogP contribution is -2.52. The molecule has 0 radical (unpaired) electrons. The Bertz CT molecular complexity index is 1130.